The van der Waals surface area contributed by atoms with E-state index in [0.29, 0.717) is 13.1 Å². The van der Waals surface area contributed by atoms with Gasteiger partial charge in [0, 0.05) is 74.2 Å². The average molecular weight is 672 g/mol. The Labute approximate surface area is 254 Å². The van der Waals surface area contributed by atoms with E-state index in [4.69, 9.17) is 18.0 Å². The molecule has 1 aliphatic carbocycles. The molecule has 44 heavy (non-hydrogen) atoms. The summed E-state index contributed by atoms with van der Waals surface area (Å²) in [6.45, 7) is 3.98. The molecule has 19 heteroatoms. The molecule has 0 radical (unpaired) electrons. The molecule has 4 N–H and O–H groups in total. The van der Waals surface area contributed by atoms with Gasteiger partial charge in [0.05, 0.1) is 17.0 Å². The van der Waals surface area contributed by atoms with Gasteiger partial charge >= 0.3 is 12.4 Å². The fraction of sp³-hybridized carbons (Fsp3) is 0.600. The van der Waals surface area contributed by atoms with Crippen LogP contribution >= 0.6 is 12.2 Å². The molecule has 2 aliphatic heterocycles. The average Bonchev–Trinajstić information content (AvgIpc) is 2.92. The van der Waals surface area contributed by atoms with Crippen LogP contribution in [0.5, 0.6) is 0 Å². The Morgan fingerprint density at radius 2 is 1.73 bits per heavy atom. The Morgan fingerprint density at radius 3 is 2.30 bits per heavy atom. The summed E-state index contributed by atoms with van der Waals surface area (Å²) in [6, 6.07) is -1.39. The van der Waals surface area contributed by atoms with Crippen molar-refractivity contribution in [2.24, 2.45) is 11.7 Å². The number of nitrogens with two attached hydrogens (primary N) is 1. The van der Waals surface area contributed by atoms with Gasteiger partial charge in [0.1, 0.15) is 0 Å². The van der Waals surface area contributed by atoms with E-state index in [2.05, 4.69) is 15.3 Å². The van der Waals surface area contributed by atoms with Crippen molar-refractivity contribution in [3.63, 3.8) is 0 Å². The topological polar surface area (TPSA) is 145 Å². The van der Waals surface area contributed by atoms with Gasteiger partial charge < -0.3 is 21.1 Å². The number of alkyl halides is 6. The third-order valence-corrected chi connectivity index (χ3v) is 10.2. The lowest BCUT2D eigenvalue weighted by atomic mass is 9.95. The van der Waals surface area contributed by atoms with E-state index in [0.717, 1.165) is 0 Å². The number of carbonyl (C=O) groups excluding carboxylic acids is 1. The molecule has 244 valence electrons. The maximum absolute atomic E-state index is 13.7. The number of nitrogens with zero attached hydrogens (tertiary/aromatic N) is 5. The van der Waals surface area contributed by atoms with E-state index in [1.54, 1.807) is 6.08 Å². The summed E-state index contributed by atoms with van der Waals surface area (Å²) in [6.07, 6.45) is -8.76. The number of hydrogen-bond acceptors (Lipinski definition) is 10. The van der Waals surface area contributed by atoms with Gasteiger partial charge in [0.15, 0.2) is 0 Å². The van der Waals surface area contributed by atoms with Crippen LogP contribution in [0.1, 0.15) is 25.8 Å². The second-order valence-corrected chi connectivity index (χ2v) is 13.4. The SMILES string of the molecule is CC(C)[C@@H]1C(=O)NCCN1C[C@H]1CN(S(=O)(=O)C2=CC(N)=CCC2=S)CCN1c1ncc(C(O)(C(F)(F)F)C(F)(F)F)cn1. The number of sulfonamides is 1. The number of aliphatic hydroxyl groups is 1. The zero-order chi connectivity index (χ0) is 32.8. The zero-order valence-electron chi connectivity index (χ0n) is 23.6. The lowest BCUT2D eigenvalue weighted by Crippen LogP contribution is -2.64. The first kappa shape index (κ1) is 34.0. The maximum Gasteiger partial charge on any atom is 0.430 e. The van der Waals surface area contributed by atoms with Crippen molar-refractivity contribution in [2.75, 3.05) is 44.2 Å². The van der Waals surface area contributed by atoms with E-state index in [9.17, 15) is 44.7 Å². The summed E-state index contributed by atoms with van der Waals surface area (Å²) in [5.41, 5.74) is -0.789. The molecule has 0 spiro atoms. The number of amides is 1. The van der Waals surface area contributed by atoms with Crippen LogP contribution in [-0.4, -0.2) is 107 Å². The maximum atomic E-state index is 13.7. The van der Waals surface area contributed by atoms with Gasteiger partial charge in [0.25, 0.3) is 5.60 Å². The second-order valence-electron chi connectivity index (χ2n) is 11.0. The molecule has 3 aliphatic rings. The Bertz CT molecular complexity index is 1430. The van der Waals surface area contributed by atoms with Crippen molar-refractivity contribution in [3.05, 3.63) is 40.7 Å². The third kappa shape index (κ3) is 6.29. The van der Waals surface area contributed by atoms with Crippen LogP contribution in [0, 0.1) is 5.92 Å². The molecule has 0 bridgehead atoms. The van der Waals surface area contributed by atoms with Crippen LogP contribution in [0.25, 0.3) is 0 Å². The minimum absolute atomic E-state index is 0.0774. The fourth-order valence-electron chi connectivity index (χ4n) is 5.50. The van der Waals surface area contributed by atoms with Gasteiger partial charge in [-0.25, -0.2) is 18.4 Å². The van der Waals surface area contributed by atoms with Crippen molar-refractivity contribution in [1.29, 1.82) is 0 Å². The van der Waals surface area contributed by atoms with Crippen LogP contribution < -0.4 is 16.0 Å². The molecule has 0 aromatic carbocycles. The first-order valence-electron chi connectivity index (χ1n) is 13.5. The zero-order valence-corrected chi connectivity index (χ0v) is 25.2. The normalized spacial score (nSPS) is 23.5. The number of halogens is 6. The lowest BCUT2D eigenvalue weighted by molar-refractivity contribution is -0.376. The molecule has 2 fully saturated rings. The molecule has 1 aromatic rings. The van der Waals surface area contributed by atoms with Crippen LogP contribution in [0.3, 0.4) is 0 Å². The van der Waals surface area contributed by atoms with Gasteiger partial charge in [-0.2, -0.15) is 30.6 Å². The highest BCUT2D eigenvalue weighted by Gasteiger charge is 2.71. The number of carbonyl (C=O) groups is 1. The number of hydrogen-bond donors (Lipinski definition) is 3. The van der Waals surface area contributed by atoms with Crippen molar-refractivity contribution in [2.45, 2.75) is 50.3 Å². The molecule has 2 atom stereocenters. The van der Waals surface area contributed by atoms with Gasteiger partial charge in [-0.05, 0) is 12.0 Å². The minimum Gasteiger partial charge on any atom is -0.399 e. The van der Waals surface area contributed by atoms with E-state index in [1.165, 1.54) is 15.3 Å². The summed E-state index contributed by atoms with van der Waals surface area (Å²) < 4.78 is 109. The number of allylic oxidation sites excluding steroid dienone is 3. The quantitative estimate of drug-likeness (QED) is 0.289. The molecule has 4 rings (SSSR count). The predicted octanol–water partition coefficient (Wildman–Crippen LogP) is 1.57. The Balaban J connectivity index is 1.70. The van der Waals surface area contributed by atoms with Crippen LogP contribution in [-0.2, 0) is 20.4 Å². The van der Waals surface area contributed by atoms with Crippen LogP contribution in [0.4, 0.5) is 32.3 Å². The molecule has 2 saturated heterocycles. The van der Waals surface area contributed by atoms with Crippen molar-refractivity contribution in [1.82, 2.24) is 24.5 Å². The lowest BCUT2D eigenvalue weighted by Gasteiger charge is -2.45. The largest absolute Gasteiger partial charge is 0.430 e. The van der Waals surface area contributed by atoms with Crippen molar-refractivity contribution in [3.8, 4) is 0 Å². The fourth-order valence-corrected chi connectivity index (χ4v) is 7.58. The van der Waals surface area contributed by atoms with Crippen molar-refractivity contribution >= 4 is 39.0 Å². The summed E-state index contributed by atoms with van der Waals surface area (Å²) in [7, 11) is -4.16. The highest BCUT2D eigenvalue weighted by Crippen LogP contribution is 2.49. The molecule has 1 aromatic heterocycles. The van der Waals surface area contributed by atoms with E-state index >= 15 is 0 Å². The first-order chi connectivity index (χ1) is 20.3. The third-order valence-electron chi connectivity index (χ3n) is 7.73. The van der Waals surface area contributed by atoms with Crippen LogP contribution in [0.2, 0.25) is 0 Å². The number of aromatic nitrogens is 2. The number of anilines is 1. The Morgan fingerprint density at radius 1 is 1.11 bits per heavy atom. The van der Waals surface area contributed by atoms with Crippen molar-refractivity contribution < 1.29 is 44.7 Å². The number of piperazine rings is 2. The highest BCUT2D eigenvalue weighted by molar-refractivity contribution is 7.96. The number of rotatable bonds is 7. The standard InChI is InChI=1S/C25H31F6N7O4S2/c1-14(2)20-21(39)33-5-6-36(20)12-17-13-37(44(41,42)19-9-16(32)3-4-18(19)43)7-8-38(17)22-34-10-15(11-35-22)23(40,24(26,27)28)25(29,30)31/h3,9-11,14,17,20,40H,4-8,12-13,32H2,1-2H3,(H,33,39)/t17-,20+/m0/s1. The predicted molar refractivity (Wildman–Crippen MR) is 150 cm³/mol. The summed E-state index contributed by atoms with van der Waals surface area (Å²) in [5.74, 6) is -0.675. The van der Waals surface area contributed by atoms with E-state index in [1.807, 2.05) is 18.7 Å². The summed E-state index contributed by atoms with van der Waals surface area (Å²) >= 11 is 5.27. The highest BCUT2D eigenvalue weighted by atomic mass is 32.2. The first-order valence-corrected chi connectivity index (χ1v) is 15.3. The van der Waals surface area contributed by atoms with Gasteiger partial charge in [-0.15, -0.1) is 0 Å². The molecule has 0 unspecified atom stereocenters. The smallest absolute Gasteiger partial charge is 0.399 e. The molecule has 3 heterocycles. The minimum atomic E-state index is -6.12. The summed E-state index contributed by atoms with van der Waals surface area (Å²) in [4.78, 5) is 23.5. The Hall–Kier alpha value is -2.87. The van der Waals surface area contributed by atoms with Gasteiger partial charge in [0.2, 0.25) is 21.9 Å². The van der Waals surface area contributed by atoms with Crippen LogP contribution in [0.15, 0.2) is 35.1 Å². The summed E-state index contributed by atoms with van der Waals surface area (Å²) in [5, 5.41) is 12.5. The number of thiocarbonyl (C=S) groups is 1. The molecular formula is C25H31F6N7O4S2. The molecule has 11 nitrogen and oxygen atoms in total. The van der Waals surface area contributed by atoms with E-state index < -0.39 is 45.6 Å². The number of nitrogens with one attached hydrogen (secondary N) is 1. The molecule has 1 amide bonds. The Kier molecular flexibility index (Phi) is 9.39. The van der Waals surface area contributed by atoms with Gasteiger partial charge in [-0.1, -0.05) is 32.1 Å². The second kappa shape index (κ2) is 12.1. The van der Waals surface area contributed by atoms with Gasteiger partial charge in [-0.3, -0.25) is 9.69 Å². The van der Waals surface area contributed by atoms with E-state index in [-0.39, 0.29) is 78.2 Å². The molecular weight excluding hydrogens is 640 g/mol. The monoisotopic (exact) mass is 671 g/mol. The molecule has 0 saturated carbocycles.